The molecule has 0 aliphatic heterocycles. The van der Waals surface area contributed by atoms with Gasteiger partial charge in [-0.15, -0.1) is 9.24 Å². The van der Waals surface area contributed by atoms with Gasteiger partial charge in [-0.25, -0.2) is 13.4 Å². The van der Waals surface area contributed by atoms with Gasteiger partial charge in [-0.2, -0.15) is 4.31 Å². The number of halogens is 2. The number of aromatic nitrogens is 1. The fourth-order valence-electron chi connectivity index (χ4n) is 0.823. The number of sulfonamides is 1. The third-order valence-corrected chi connectivity index (χ3v) is 5.47. The fourth-order valence-corrected chi connectivity index (χ4v) is 3.02. The molecule has 0 spiro atoms. The zero-order chi connectivity index (χ0) is 11.6. The third kappa shape index (κ3) is 2.88. The molecule has 0 bridgehead atoms. The molecule has 1 unspecified atom stereocenters. The highest BCUT2D eigenvalue weighted by atomic mass is 79.9. The van der Waals surface area contributed by atoms with Crippen LogP contribution >= 0.6 is 36.8 Å². The zero-order valence-electron chi connectivity index (χ0n) is 7.81. The van der Waals surface area contributed by atoms with Gasteiger partial charge in [0.05, 0.1) is 4.47 Å². The lowest BCUT2D eigenvalue weighted by Crippen LogP contribution is -2.25. The quantitative estimate of drug-likeness (QED) is 0.628. The van der Waals surface area contributed by atoms with Crippen molar-refractivity contribution >= 4 is 46.8 Å². The second kappa shape index (κ2) is 5.06. The van der Waals surface area contributed by atoms with Crippen molar-refractivity contribution < 1.29 is 8.42 Å². The van der Waals surface area contributed by atoms with Gasteiger partial charge in [0.25, 0.3) is 0 Å². The van der Waals surface area contributed by atoms with Gasteiger partial charge in [-0.1, -0.05) is 11.6 Å². The highest BCUT2D eigenvalue weighted by Crippen LogP contribution is 2.24. The van der Waals surface area contributed by atoms with Crippen LogP contribution in [0.3, 0.4) is 0 Å². The molecule has 1 atom stereocenters. The Bertz CT molecular complexity index is 468. The molecule has 0 aromatic carbocycles. The molecule has 1 heterocycles. The summed E-state index contributed by atoms with van der Waals surface area (Å²) in [4.78, 5) is 3.88. The summed E-state index contributed by atoms with van der Waals surface area (Å²) >= 11 is 8.80. The maximum atomic E-state index is 11.8. The number of rotatable bonds is 3. The average molecular weight is 332 g/mol. The van der Waals surface area contributed by atoms with E-state index >= 15 is 0 Å². The summed E-state index contributed by atoms with van der Waals surface area (Å²) < 4.78 is 25.3. The Kier molecular flexibility index (Phi) is 4.50. The Morgan fingerprint density at radius 2 is 2.27 bits per heavy atom. The Morgan fingerprint density at radius 1 is 1.67 bits per heavy atom. The molecule has 0 amide bonds. The lowest BCUT2D eigenvalue weighted by atomic mass is 10.5. The van der Waals surface area contributed by atoms with E-state index in [1.807, 2.05) is 0 Å². The molecule has 84 valence electrons. The zero-order valence-corrected chi connectivity index (χ0v) is 12.1. The molecule has 0 N–H and O–H groups in total. The molecule has 0 saturated carbocycles. The molecule has 0 fully saturated rings. The molecule has 1 aromatic heterocycles. The van der Waals surface area contributed by atoms with Crippen molar-refractivity contribution in [2.75, 3.05) is 13.3 Å². The highest BCUT2D eigenvalue weighted by Gasteiger charge is 2.20. The molecular weight excluding hydrogens is 322 g/mol. The van der Waals surface area contributed by atoms with E-state index in [0.717, 1.165) is 0 Å². The summed E-state index contributed by atoms with van der Waals surface area (Å²) in [5.74, 6) is 0. The van der Waals surface area contributed by atoms with Gasteiger partial charge in [0.15, 0.2) is 0 Å². The molecule has 0 saturated heterocycles. The summed E-state index contributed by atoms with van der Waals surface area (Å²) in [6.07, 6.45) is 1.56. The summed E-state index contributed by atoms with van der Waals surface area (Å²) in [5.41, 5.74) is 0. The van der Waals surface area contributed by atoms with Crippen LogP contribution in [-0.4, -0.2) is 31.0 Å². The maximum absolute atomic E-state index is 11.8. The van der Waals surface area contributed by atoms with Crippen molar-refractivity contribution in [3.05, 3.63) is 21.9 Å². The van der Waals surface area contributed by atoms with E-state index in [9.17, 15) is 8.42 Å². The minimum Gasteiger partial charge on any atom is -0.242 e. The van der Waals surface area contributed by atoms with E-state index in [4.69, 9.17) is 11.6 Å². The van der Waals surface area contributed by atoms with Gasteiger partial charge in [0.1, 0.15) is 10.0 Å². The van der Waals surface area contributed by atoms with Crippen LogP contribution < -0.4 is 0 Å². The van der Waals surface area contributed by atoms with Crippen LogP contribution in [0.4, 0.5) is 0 Å². The van der Waals surface area contributed by atoms with Crippen LogP contribution in [0.2, 0.25) is 5.15 Å². The lowest BCUT2D eigenvalue weighted by Gasteiger charge is -2.14. The normalized spacial score (nSPS) is 12.1. The molecule has 0 radical (unpaired) electrons. The standard InChI is InChI=1S/C7H9BrClN2O2PS/c1-11(4-14)15(12,13)5-2-6(8)7(9)10-3-5/h2-3H,4,14H2,1H3. The van der Waals surface area contributed by atoms with E-state index < -0.39 is 10.0 Å². The predicted octanol–water partition coefficient (Wildman–Crippen LogP) is 1.95. The van der Waals surface area contributed by atoms with Gasteiger partial charge in [0, 0.05) is 19.5 Å². The second-order valence-electron chi connectivity index (χ2n) is 2.73. The van der Waals surface area contributed by atoms with Crippen LogP contribution in [0, 0.1) is 0 Å². The number of hydrogen-bond donors (Lipinski definition) is 0. The molecule has 15 heavy (non-hydrogen) atoms. The van der Waals surface area contributed by atoms with Gasteiger partial charge < -0.3 is 0 Å². The minimum absolute atomic E-state index is 0.115. The smallest absolute Gasteiger partial charge is 0.242 e. The van der Waals surface area contributed by atoms with E-state index in [2.05, 4.69) is 30.2 Å². The average Bonchev–Trinajstić information content (AvgIpc) is 2.20. The lowest BCUT2D eigenvalue weighted by molar-refractivity contribution is 0.512. The Hall–Kier alpha value is 0.260. The van der Waals surface area contributed by atoms with Crippen molar-refractivity contribution in [1.82, 2.24) is 9.29 Å². The Balaban J connectivity index is 3.23. The molecule has 1 rings (SSSR count). The summed E-state index contributed by atoms with van der Waals surface area (Å²) in [5, 5.41) is 0.238. The topological polar surface area (TPSA) is 50.3 Å². The monoisotopic (exact) mass is 330 g/mol. The van der Waals surface area contributed by atoms with Crippen LogP contribution in [0.1, 0.15) is 0 Å². The third-order valence-electron chi connectivity index (χ3n) is 1.74. The molecular formula is C7H9BrClN2O2PS. The van der Waals surface area contributed by atoms with Crippen molar-refractivity contribution in [3.63, 3.8) is 0 Å². The van der Waals surface area contributed by atoms with Crippen LogP contribution in [-0.2, 0) is 10.0 Å². The van der Waals surface area contributed by atoms with Crippen molar-refractivity contribution in [1.29, 1.82) is 0 Å². The van der Waals surface area contributed by atoms with E-state index in [-0.39, 0.29) is 10.0 Å². The van der Waals surface area contributed by atoms with Crippen molar-refractivity contribution in [2.24, 2.45) is 0 Å². The first-order valence-electron chi connectivity index (χ1n) is 3.87. The Morgan fingerprint density at radius 3 is 2.73 bits per heavy atom. The SMILES string of the molecule is CN(CP)S(=O)(=O)c1cnc(Cl)c(Br)c1. The summed E-state index contributed by atoms with van der Waals surface area (Å²) in [7, 11) is 0.366. The van der Waals surface area contributed by atoms with Gasteiger partial charge in [-0.05, 0) is 22.0 Å². The largest absolute Gasteiger partial charge is 0.244 e. The molecule has 4 nitrogen and oxygen atoms in total. The Labute approximate surface area is 104 Å². The van der Waals surface area contributed by atoms with Crippen molar-refractivity contribution in [2.45, 2.75) is 4.90 Å². The number of hydrogen-bond acceptors (Lipinski definition) is 3. The molecule has 1 aromatic rings. The van der Waals surface area contributed by atoms with Gasteiger partial charge in [0.2, 0.25) is 10.0 Å². The summed E-state index contributed by atoms with van der Waals surface area (Å²) in [6, 6.07) is 1.43. The number of nitrogens with zero attached hydrogens (tertiary/aromatic N) is 2. The first-order valence-corrected chi connectivity index (χ1v) is 7.30. The van der Waals surface area contributed by atoms with Crippen LogP contribution in [0.15, 0.2) is 21.6 Å². The molecule has 8 heteroatoms. The van der Waals surface area contributed by atoms with Crippen LogP contribution in [0.25, 0.3) is 0 Å². The first-order chi connectivity index (χ1) is 6.89. The molecule has 0 aliphatic carbocycles. The predicted molar refractivity (Wildman–Crippen MR) is 66.5 cm³/mol. The minimum atomic E-state index is -3.47. The second-order valence-corrected chi connectivity index (χ2v) is 6.35. The van der Waals surface area contributed by atoms with Crippen LogP contribution in [0.5, 0.6) is 0 Å². The van der Waals surface area contributed by atoms with E-state index in [0.29, 0.717) is 10.8 Å². The maximum Gasteiger partial charge on any atom is 0.244 e. The fraction of sp³-hybridized carbons (Fsp3) is 0.286. The highest BCUT2D eigenvalue weighted by molar-refractivity contribution is 9.10. The van der Waals surface area contributed by atoms with Crippen molar-refractivity contribution in [3.8, 4) is 0 Å². The number of pyridine rings is 1. The van der Waals surface area contributed by atoms with E-state index in [1.165, 1.54) is 23.6 Å². The first kappa shape index (κ1) is 13.3. The van der Waals surface area contributed by atoms with E-state index in [1.54, 1.807) is 0 Å². The van der Waals surface area contributed by atoms with Gasteiger partial charge in [-0.3, -0.25) is 0 Å². The molecule has 0 aliphatic rings. The summed E-state index contributed by atoms with van der Waals surface area (Å²) in [6.45, 7) is 0. The van der Waals surface area contributed by atoms with Gasteiger partial charge >= 0.3 is 0 Å².